The molecule has 0 atom stereocenters. The first-order valence-electron chi connectivity index (χ1n) is 5.59. The van der Waals surface area contributed by atoms with Gasteiger partial charge in [-0.25, -0.2) is 8.42 Å². The van der Waals surface area contributed by atoms with Crippen molar-refractivity contribution in [1.82, 2.24) is 9.80 Å². The lowest BCUT2D eigenvalue weighted by Gasteiger charge is -2.33. The molecule has 0 aliphatic carbocycles. The van der Waals surface area contributed by atoms with Gasteiger partial charge in [0.2, 0.25) is 0 Å². The second-order valence-corrected chi connectivity index (χ2v) is 6.49. The van der Waals surface area contributed by atoms with Crippen LogP contribution in [0.25, 0.3) is 0 Å². The molecule has 5 nitrogen and oxygen atoms in total. The van der Waals surface area contributed by atoms with E-state index >= 15 is 0 Å². The molecule has 0 aromatic heterocycles. The van der Waals surface area contributed by atoms with E-state index in [-0.39, 0.29) is 11.5 Å². The van der Waals surface area contributed by atoms with E-state index < -0.39 is 9.84 Å². The van der Waals surface area contributed by atoms with E-state index in [9.17, 15) is 8.42 Å². The van der Waals surface area contributed by atoms with Crippen molar-refractivity contribution in [2.45, 2.75) is 6.92 Å². The second kappa shape index (κ2) is 6.18. The molecule has 6 heteroatoms. The largest absolute Gasteiger partial charge is 0.300 e. The molecular formula is C10H19N3O2S. The highest BCUT2D eigenvalue weighted by atomic mass is 32.2. The Morgan fingerprint density at radius 1 is 1.19 bits per heavy atom. The lowest BCUT2D eigenvalue weighted by Crippen LogP contribution is -2.47. The number of nitriles is 1. The van der Waals surface area contributed by atoms with Crippen molar-refractivity contribution in [1.29, 1.82) is 5.26 Å². The maximum absolute atomic E-state index is 11.3. The SMILES string of the molecule is CCS(=O)(=O)CCN1CCN(CC#N)CC1. The Balaban J connectivity index is 2.25. The highest BCUT2D eigenvalue weighted by Crippen LogP contribution is 2.01. The van der Waals surface area contributed by atoms with E-state index in [1.54, 1.807) is 6.92 Å². The fraction of sp³-hybridized carbons (Fsp3) is 0.900. The topological polar surface area (TPSA) is 64.4 Å². The van der Waals surface area contributed by atoms with E-state index in [4.69, 9.17) is 5.26 Å². The molecule has 16 heavy (non-hydrogen) atoms. The summed E-state index contributed by atoms with van der Waals surface area (Å²) in [6, 6.07) is 2.13. The summed E-state index contributed by atoms with van der Waals surface area (Å²) in [6.45, 7) is 6.22. The van der Waals surface area contributed by atoms with Gasteiger partial charge in [-0.05, 0) is 0 Å². The Kier molecular flexibility index (Phi) is 5.19. The van der Waals surface area contributed by atoms with Crippen molar-refractivity contribution in [2.75, 3.05) is 50.8 Å². The quantitative estimate of drug-likeness (QED) is 0.615. The van der Waals surface area contributed by atoms with E-state index in [0.717, 1.165) is 26.2 Å². The molecule has 0 radical (unpaired) electrons. The Labute approximate surface area is 97.6 Å². The molecule has 0 aromatic carbocycles. The van der Waals surface area contributed by atoms with Crippen LogP contribution in [-0.4, -0.2) is 69.0 Å². The molecule has 1 heterocycles. The van der Waals surface area contributed by atoms with Gasteiger partial charge in [-0.3, -0.25) is 9.80 Å². The third-order valence-electron chi connectivity index (χ3n) is 2.92. The van der Waals surface area contributed by atoms with Gasteiger partial charge in [0.05, 0.1) is 18.4 Å². The molecule has 0 aromatic rings. The van der Waals surface area contributed by atoms with Gasteiger partial charge >= 0.3 is 0 Å². The average Bonchev–Trinajstić information content (AvgIpc) is 2.29. The fourth-order valence-electron chi connectivity index (χ4n) is 1.68. The van der Waals surface area contributed by atoms with Gasteiger partial charge in [0.1, 0.15) is 0 Å². The Hall–Kier alpha value is -0.640. The molecule has 1 rings (SSSR count). The van der Waals surface area contributed by atoms with E-state index in [1.807, 2.05) is 0 Å². The molecule has 0 N–H and O–H groups in total. The predicted octanol–water partition coefficient (Wildman–Crippen LogP) is -0.438. The zero-order valence-electron chi connectivity index (χ0n) is 9.72. The third-order valence-corrected chi connectivity index (χ3v) is 4.60. The summed E-state index contributed by atoms with van der Waals surface area (Å²) in [5.74, 6) is 0.475. The lowest BCUT2D eigenvalue weighted by molar-refractivity contribution is 0.150. The first-order valence-corrected chi connectivity index (χ1v) is 7.41. The van der Waals surface area contributed by atoms with Crippen LogP contribution in [0.2, 0.25) is 0 Å². The minimum absolute atomic E-state index is 0.224. The molecule has 0 saturated carbocycles. The van der Waals surface area contributed by atoms with Gasteiger partial charge < -0.3 is 0 Å². The summed E-state index contributed by atoms with van der Waals surface area (Å²) in [6.07, 6.45) is 0. The Morgan fingerprint density at radius 2 is 1.75 bits per heavy atom. The number of piperazine rings is 1. The fourth-order valence-corrected chi connectivity index (χ4v) is 2.51. The van der Waals surface area contributed by atoms with Crippen LogP contribution >= 0.6 is 0 Å². The van der Waals surface area contributed by atoms with Gasteiger partial charge in [-0.1, -0.05) is 6.92 Å². The molecule has 1 fully saturated rings. The third kappa shape index (κ3) is 4.47. The number of hydrogen-bond donors (Lipinski definition) is 0. The van der Waals surface area contributed by atoms with Crippen molar-refractivity contribution in [3.63, 3.8) is 0 Å². The van der Waals surface area contributed by atoms with Crippen LogP contribution < -0.4 is 0 Å². The maximum atomic E-state index is 11.3. The molecule has 0 unspecified atom stereocenters. The smallest absolute Gasteiger partial charge is 0.151 e. The Bertz CT molecular complexity index is 340. The molecule has 0 bridgehead atoms. The molecule has 1 saturated heterocycles. The summed E-state index contributed by atoms with van der Waals surface area (Å²) in [7, 11) is -2.85. The van der Waals surface area contributed by atoms with Crippen LogP contribution in [0.3, 0.4) is 0 Å². The first-order chi connectivity index (χ1) is 7.57. The monoisotopic (exact) mass is 245 g/mol. The van der Waals surface area contributed by atoms with Gasteiger partial charge in [0, 0.05) is 38.5 Å². The molecule has 92 valence electrons. The van der Waals surface area contributed by atoms with E-state index in [0.29, 0.717) is 13.1 Å². The van der Waals surface area contributed by atoms with Crippen molar-refractivity contribution in [2.24, 2.45) is 0 Å². The number of rotatable bonds is 5. The summed E-state index contributed by atoms with van der Waals surface area (Å²) in [5, 5.41) is 8.54. The van der Waals surface area contributed by atoms with Crippen molar-refractivity contribution < 1.29 is 8.42 Å². The van der Waals surface area contributed by atoms with Crippen LogP contribution in [0, 0.1) is 11.3 Å². The van der Waals surface area contributed by atoms with Gasteiger partial charge in [-0.15, -0.1) is 0 Å². The van der Waals surface area contributed by atoms with Crippen LogP contribution in [0.1, 0.15) is 6.92 Å². The van der Waals surface area contributed by atoms with E-state index in [2.05, 4.69) is 15.9 Å². The number of hydrogen-bond acceptors (Lipinski definition) is 5. The number of sulfone groups is 1. The van der Waals surface area contributed by atoms with Gasteiger partial charge in [0.25, 0.3) is 0 Å². The summed E-state index contributed by atoms with van der Waals surface area (Å²) >= 11 is 0. The van der Waals surface area contributed by atoms with Gasteiger partial charge in [0.15, 0.2) is 9.84 Å². The van der Waals surface area contributed by atoms with Gasteiger partial charge in [-0.2, -0.15) is 5.26 Å². The summed E-state index contributed by atoms with van der Waals surface area (Å²) in [5.41, 5.74) is 0. The highest BCUT2D eigenvalue weighted by molar-refractivity contribution is 7.91. The zero-order valence-corrected chi connectivity index (χ0v) is 10.5. The highest BCUT2D eigenvalue weighted by Gasteiger charge is 2.18. The molecule has 1 aliphatic heterocycles. The number of nitrogens with zero attached hydrogens (tertiary/aromatic N) is 3. The summed E-state index contributed by atoms with van der Waals surface area (Å²) in [4.78, 5) is 4.24. The van der Waals surface area contributed by atoms with Crippen molar-refractivity contribution >= 4 is 9.84 Å². The minimum atomic E-state index is -2.85. The average molecular weight is 245 g/mol. The lowest BCUT2D eigenvalue weighted by atomic mass is 10.3. The standard InChI is InChI=1S/C10H19N3O2S/c1-2-16(14,15)10-9-13-7-5-12(4-3-11)6-8-13/h2,4-10H2,1H3. The Morgan fingerprint density at radius 3 is 2.25 bits per heavy atom. The van der Waals surface area contributed by atoms with E-state index in [1.165, 1.54) is 0 Å². The van der Waals surface area contributed by atoms with Crippen LogP contribution in [0.5, 0.6) is 0 Å². The van der Waals surface area contributed by atoms with Crippen molar-refractivity contribution in [3.8, 4) is 6.07 Å². The molecule has 1 aliphatic rings. The first kappa shape index (κ1) is 13.4. The minimum Gasteiger partial charge on any atom is -0.300 e. The van der Waals surface area contributed by atoms with Crippen LogP contribution in [0.15, 0.2) is 0 Å². The van der Waals surface area contributed by atoms with Crippen LogP contribution in [-0.2, 0) is 9.84 Å². The summed E-state index contributed by atoms with van der Waals surface area (Å²) < 4.78 is 22.7. The maximum Gasteiger partial charge on any atom is 0.151 e. The normalized spacial score (nSPS) is 19.5. The zero-order chi connectivity index (χ0) is 12.0. The second-order valence-electron chi connectivity index (χ2n) is 4.01. The predicted molar refractivity (Wildman–Crippen MR) is 62.8 cm³/mol. The van der Waals surface area contributed by atoms with Crippen LogP contribution in [0.4, 0.5) is 0 Å². The molecule has 0 amide bonds. The molecular weight excluding hydrogens is 226 g/mol. The van der Waals surface area contributed by atoms with Crippen molar-refractivity contribution in [3.05, 3.63) is 0 Å². The molecule has 0 spiro atoms.